The minimum absolute atomic E-state index is 0.0210. The van der Waals surface area contributed by atoms with Gasteiger partial charge in [-0.3, -0.25) is 9.36 Å². The molecule has 1 N–H and O–H groups in total. The molecule has 2 aromatic carbocycles. The maximum Gasteiger partial charge on any atom is 0.320 e. The second-order valence-electron chi connectivity index (χ2n) is 10.3. The monoisotopic (exact) mass is 516 g/mol. The Morgan fingerprint density at radius 3 is 2.47 bits per heavy atom. The number of rotatable bonds is 5. The van der Waals surface area contributed by atoms with Crippen LogP contribution in [0, 0.1) is 5.82 Å². The molecule has 0 unspecified atom stereocenters. The van der Waals surface area contributed by atoms with E-state index >= 15 is 0 Å². The first-order valence-corrected chi connectivity index (χ1v) is 12.9. The van der Waals surface area contributed by atoms with Crippen molar-refractivity contribution < 1.29 is 14.3 Å². The molecule has 1 atom stereocenters. The van der Waals surface area contributed by atoms with Gasteiger partial charge in [0.05, 0.1) is 24.0 Å². The van der Waals surface area contributed by atoms with Crippen LogP contribution in [0.3, 0.4) is 0 Å². The number of piperidine rings is 1. The molecule has 196 valence electrons. The van der Waals surface area contributed by atoms with Crippen molar-refractivity contribution >= 4 is 17.1 Å². The molecule has 0 aliphatic carbocycles. The number of fused-ring (bicyclic) bond motifs is 1. The first-order valence-electron chi connectivity index (χ1n) is 12.9. The number of benzene rings is 2. The van der Waals surface area contributed by atoms with Gasteiger partial charge < -0.3 is 14.9 Å². The van der Waals surface area contributed by atoms with Crippen molar-refractivity contribution in [2.75, 3.05) is 19.6 Å². The molecule has 4 aromatic rings. The fourth-order valence-electron chi connectivity index (χ4n) is 5.39. The van der Waals surface area contributed by atoms with E-state index in [0.29, 0.717) is 42.7 Å². The van der Waals surface area contributed by atoms with Gasteiger partial charge >= 0.3 is 6.03 Å². The summed E-state index contributed by atoms with van der Waals surface area (Å²) in [6, 6.07) is 16.2. The molecule has 2 saturated heterocycles. The van der Waals surface area contributed by atoms with Crippen molar-refractivity contribution in [1.82, 2.24) is 29.1 Å². The Morgan fingerprint density at radius 2 is 1.79 bits per heavy atom. The third kappa shape index (κ3) is 4.56. The van der Waals surface area contributed by atoms with Crippen LogP contribution in [0.15, 0.2) is 71.9 Å². The van der Waals surface area contributed by atoms with Crippen LogP contribution < -0.4 is 5.56 Å². The SMILES string of the molecule is O=C(N1CCC(O)(Cn2cnc3c(cnn3-c3ccc(F)cc3)c2=O)CC1)N1CC[C@@H]1Cc1ccccc1. The number of carbonyl (C=O) groups is 1. The Hall–Kier alpha value is -4.05. The number of hydrogen-bond donors (Lipinski definition) is 1. The summed E-state index contributed by atoms with van der Waals surface area (Å²) >= 11 is 0. The molecular weight excluding hydrogens is 487 g/mol. The van der Waals surface area contributed by atoms with Gasteiger partial charge in [-0.05, 0) is 55.5 Å². The lowest BCUT2D eigenvalue weighted by Gasteiger charge is -2.46. The van der Waals surface area contributed by atoms with Crippen LogP contribution in [0.4, 0.5) is 9.18 Å². The molecule has 4 heterocycles. The zero-order valence-corrected chi connectivity index (χ0v) is 20.9. The molecule has 0 saturated carbocycles. The lowest BCUT2D eigenvalue weighted by atomic mass is 9.91. The number of hydrogen-bond acceptors (Lipinski definition) is 5. The van der Waals surface area contributed by atoms with E-state index in [1.165, 1.54) is 39.5 Å². The zero-order chi connectivity index (χ0) is 26.3. The molecule has 0 bridgehead atoms. The minimum Gasteiger partial charge on any atom is -0.388 e. The molecule has 2 aliphatic rings. The van der Waals surface area contributed by atoms with E-state index in [9.17, 15) is 19.1 Å². The van der Waals surface area contributed by atoms with Crippen molar-refractivity contribution in [3.05, 3.63) is 88.9 Å². The second kappa shape index (κ2) is 9.68. The third-order valence-corrected chi connectivity index (χ3v) is 7.76. The number of likely N-dealkylation sites (tertiary alicyclic amines) is 2. The van der Waals surface area contributed by atoms with Crippen LogP contribution in [0.2, 0.25) is 0 Å². The highest BCUT2D eigenvalue weighted by Crippen LogP contribution is 2.28. The first-order chi connectivity index (χ1) is 18.4. The number of amides is 2. The van der Waals surface area contributed by atoms with Gasteiger partial charge in [-0.1, -0.05) is 30.3 Å². The van der Waals surface area contributed by atoms with E-state index in [-0.39, 0.29) is 30.0 Å². The second-order valence-corrected chi connectivity index (χ2v) is 10.3. The maximum absolute atomic E-state index is 13.3. The average Bonchev–Trinajstić information content (AvgIpc) is 3.34. The van der Waals surface area contributed by atoms with Gasteiger partial charge in [-0.2, -0.15) is 5.10 Å². The van der Waals surface area contributed by atoms with Gasteiger partial charge in [-0.15, -0.1) is 0 Å². The maximum atomic E-state index is 13.3. The van der Waals surface area contributed by atoms with Gasteiger partial charge in [0, 0.05) is 25.7 Å². The molecular formula is C28H29FN6O3. The van der Waals surface area contributed by atoms with Gasteiger partial charge in [-0.25, -0.2) is 18.9 Å². The van der Waals surface area contributed by atoms with Crippen LogP contribution in [0.5, 0.6) is 0 Å². The van der Waals surface area contributed by atoms with E-state index in [2.05, 4.69) is 22.2 Å². The number of aromatic nitrogens is 4. The van der Waals surface area contributed by atoms with Crippen LogP contribution in [-0.2, 0) is 13.0 Å². The Bertz CT molecular complexity index is 1510. The minimum atomic E-state index is -1.12. The normalized spacial score (nSPS) is 18.9. The van der Waals surface area contributed by atoms with Crippen LogP contribution >= 0.6 is 0 Å². The Morgan fingerprint density at radius 1 is 1.05 bits per heavy atom. The summed E-state index contributed by atoms with van der Waals surface area (Å²) in [4.78, 5) is 34.5. The van der Waals surface area contributed by atoms with Crippen LogP contribution in [-0.4, -0.2) is 71.5 Å². The Balaban J connectivity index is 1.11. The first kappa shape index (κ1) is 24.3. The van der Waals surface area contributed by atoms with E-state index in [1.54, 1.807) is 12.1 Å². The van der Waals surface area contributed by atoms with E-state index < -0.39 is 5.60 Å². The lowest BCUT2D eigenvalue weighted by Crippen LogP contribution is -2.59. The summed E-state index contributed by atoms with van der Waals surface area (Å²) < 4.78 is 16.2. The molecule has 2 fully saturated rings. The smallest absolute Gasteiger partial charge is 0.320 e. The standard InChI is InChI=1S/C28H29FN6O3/c29-21-6-8-22(9-7-21)35-25-24(17-31-35)26(36)33(19-30-25)18-28(38)11-14-32(15-12-28)27(37)34-13-10-23(34)16-20-4-2-1-3-5-20/h1-9,17,19,23,38H,10-16,18H2/t23-/m1/s1. The molecule has 6 rings (SSSR count). The number of aliphatic hydroxyl groups is 1. The molecule has 9 nitrogen and oxygen atoms in total. The molecule has 0 spiro atoms. The highest BCUT2D eigenvalue weighted by Gasteiger charge is 2.39. The predicted molar refractivity (Wildman–Crippen MR) is 139 cm³/mol. The fourth-order valence-corrected chi connectivity index (χ4v) is 5.39. The van der Waals surface area contributed by atoms with Gasteiger partial charge in [0.2, 0.25) is 0 Å². The predicted octanol–water partition coefficient (Wildman–Crippen LogP) is 2.99. The number of nitrogens with zero attached hydrogens (tertiary/aromatic N) is 6. The highest BCUT2D eigenvalue weighted by atomic mass is 19.1. The Labute approximate surface area is 218 Å². The van der Waals surface area contributed by atoms with E-state index in [0.717, 1.165) is 19.4 Å². The molecule has 38 heavy (non-hydrogen) atoms. The van der Waals surface area contributed by atoms with E-state index in [4.69, 9.17) is 0 Å². The van der Waals surface area contributed by atoms with Gasteiger partial charge in [0.25, 0.3) is 5.56 Å². The Kier molecular flexibility index (Phi) is 6.19. The van der Waals surface area contributed by atoms with Gasteiger partial charge in [0.15, 0.2) is 5.65 Å². The topological polar surface area (TPSA) is 96.5 Å². The molecule has 2 aliphatic heterocycles. The largest absolute Gasteiger partial charge is 0.388 e. The summed E-state index contributed by atoms with van der Waals surface area (Å²) in [7, 11) is 0. The molecule has 10 heteroatoms. The summed E-state index contributed by atoms with van der Waals surface area (Å²) in [5.74, 6) is -0.363. The number of carbonyl (C=O) groups excluding carboxylic acids is 1. The van der Waals surface area contributed by atoms with Gasteiger partial charge in [0.1, 0.15) is 17.5 Å². The summed E-state index contributed by atoms with van der Waals surface area (Å²) in [5.41, 5.74) is 0.753. The van der Waals surface area contributed by atoms with Crippen molar-refractivity contribution in [3.63, 3.8) is 0 Å². The van der Waals surface area contributed by atoms with Crippen LogP contribution in [0.25, 0.3) is 16.7 Å². The molecule has 0 radical (unpaired) electrons. The van der Waals surface area contributed by atoms with Crippen molar-refractivity contribution in [2.24, 2.45) is 0 Å². The number of urea groups is 1. The average molecular weight is 517 g/mol. The third-order valence-electron chi connectivity index (χ3n) is 7.76. The molecule has 2 aromatic heterocycles. The van der Waals surface area contributed by atoms with E-state index in [1.807, 2.05) is 28.0 Å². The van der Waals surface area contributed by atoms with Crippen molar-refractivity contribution in [1.29, 1.82) is 0 Å². The summed E-state index contributed by atoms with van der Waals surface area (Å²) in [5, 5.41) is 15.9. The van der Waals surface area contributed by atoms with Crippen molar-refractivity contribution in [2.45, 2.75) is 43.9 Å². The number of halogens is 1. The van der Waals surface area contributed by atoms with Crippen molar-refractivity contribution in [3.8, 4) is 5.69 Å². The fraction of sp³-hybridized carbons (Fsp3) is 0.357. The summed E-state index contributed by atoms with van der Waals surface area (Å²) in [6.07, 6.45) is 5.43. The summed E-state index contributed by atoms with van der Waals surface area (Å²) in [6.45, 7) is 1.69. The molecule has 2 amide bonds. The quantitative estimate of drug-likeness (QED) is 0.440. The zero-order valence-electron chi connectivity index (χ0n) is 20.9. The van der Waals surface area contributed by atoms with Crippen LogP contribution in [0.1, 0.15) is 24.8 Å². The highest BCUT2D eigenvalue weighted by molar-refractivity contribution is 5.76. The lowest BCUT2D eigenvalue weighted by molar-refractivity contribution is -0.0325.